The molecule has 0 bridgehead atoms. The Morgan fingerprint density at radius 3 is 1.77 bits per heavy atom. The van der Waals surface area contributed by atoms with Crippen molar-refractivity contribution in [2.75, 3.05) is 13.2 Å². The van der Waals surface area contributed by atoms with Gasteiger partial charge in [0.1, 0.15) is 0 Å². The van der Waals surface area contributed by atoms with E-state index < -0.39 is 35.3 Å². The lowest BCUT2D eigenvalue weighted by Crippen LogP contribution is -2.34. The van der Waals surface area contributed by atoms with E-state index in [9.17, 15) is 9.59 Å². The van der Waals surface area contributed by atoms with Crippen LogP contribution in [0.25, 0.3) is 10.8 Å². The van der Waals surface area contributed by atoms with E-state index in [-0.39, 0.29) is 13.2 Å². The summed E-state index contributed by atoms with van der Waals surface area (Å²) in [5, 5.41) is 2.00. The molecule has 134 valence electrons. The zero-order valence-corrected chi connectivity index (χ0v) is 14.5. The van der Waals surface area contributed by atoms with Crippen molar-refractivity contribution in [2.24, 2.45) is 0 Å². The first-order valence-corrected chi connectivity index (χ1v) is 8.83. The van der Waals surface area contributed by atoms with Gasteiger partial charge in [0.2, 0.25) is 0 Å². The minimum Gasteiger partial charge on any atom is -0.464 e. The number of epoxide rings is 2. The van der Waals surface area contributed by atoms with Crippen LogP contribution in [-0.4, -0.2) is 37.4 Å². The zero-order chi connectivity index (χ0) is 18.1. The summed E-state index contributed by atoms with van der Waals surface area (Å²) in [6, 6.07) is 11.7. The van der Waals surface area contributed by atoms with Gasteiger partial charge >= 0.3 is 11.9 Å². The maximum Gasteiger partial charge on any atom is 0.338 e. The molecular formula is C20H18O6. The molecule has 2 spiro atoms. The molecule has 2 saturated heterocycles. The van der Waals surface area contributed by atoms with Crippen LogP contribution in [0.15, 0.2) is 36.4 Å². The second-order valence-corrected chi connectivity index (χ2v) is 6.68. The molecular weight excluding hydrogens is 336 g/mol. The molecule has 0 aromatic heterocycles. The Kier molecular flexibility index (Phi) is 3.07. The summed E-state index contributed by atoms with van der Waals surface area (Å²) < 4.78 is 22.3. The first-order chi connectivity index (χ1) is 12.6. The van der Waals surface area contributed by atoms with Crippen LogP contribution in [0.1, 0.15) is 25.0 Å². The minimum atomic E-state index is -1.03. The number of hydrogen-bond acceptors (Lipinski definition) is 6. The van der Waals surface area contributed by atoms with E-state index in [0.717, 1.165) is 21.9 Å². The van der Waals surface area contributed by atoms with Crippen molar-refractivity contribution in [1.82, 2.24) is 0 Å². The van der Waals surface area contributed by atoms with Crippen molar-refractivity contribution in [1.29, 1.82) is 0 Å². The molecule has 2 aromatic carbocycles. The highest BCUT2D eigenvalue weighted by molar-refractivity contribution is 5.99. The molecule has 0 unspecified atom stereocenters. The molecule has 0 N–H and O–H groups in total. The van der Waals surface area contributed by atoms with Crippen LogP contribution in [0, 0.1) is 0 Å². The van der Waals surface area contributed by atoms with Crippen LogP contribution in [0.4, 0.5) is 0 Å². The lowest BCUT2D eigenvalue weighted by molar-refractivity contribution is -0.145. The molecule has 2 aromatic rings. The van der Waals surface area contributed by atoms with Crippen molar-refractivity contribution in [3.05, 3.63) is 47.5 Å². The van der Waals surface area contributed by atoms with E-state index in [1.54, 1.807) is 13.8 Å². The van der Waals surface area contributed by atoms with Crippen LogP contribution in [0.3, 0.4) is 0 Å². The van der Waals surface area contributed by atoms with Crippen molar-refractivity contribution in [3.8, 4) is 0 Å². The fourth-order valence-electron chi connectivity index (χ4n) is 4.50. The van der Waals surface area contributed by atoms with Crippen molar-refractivity contribution in [3.63, 3.8) is 0 Å². The minimum absolute atomic E-state index is 0.265. The molecule has 0 amide bonds. The van der Waals surface area contributed by atoms with Crippen LogP contribution in [0.5, 0.6) is 0 Å². The monoisotopic (exact) mass is 354 g/mol. The smallest absolute Gasteiger partial charge is 0.338 e. The Morgan fingerprint density at radius 2 is 1.35 bits per heavy atom. The van der Waals surface area contributed by atoms with Gasteiger partial charge in [-0.25, -0.2) is 9.59 Å². The van der Waals surface area contributed by atoms with Crippen LogP contribution in [-0.2, 0) is 39.7 Å². The van der Waals surface area contributed by atoms with E-state index in [0.29, 0.717) is 0 Å². The maximum atomic E-state index is 12.4. The highest BCUT2D eigenvalue weighted by Gasteiger charge is 2.88. The van der Waals surface area contributed by atoms with Gasteiger partial charge in [-0.15, -0.1) is 0 Å². The molecule has 26 heavy (non-hydrogen) atoms. The first kappa shape index (κ1) is 15.8. The zero-order valence-electron chi connectivity index (χ0n) is 14.5. The molecule has 6 nitrogen and oxygen atoms in total. The third-order valence-corrected chi connectivity index (χ3v) is 5.49. The quantitative estimate of drug-likeness (QED) is 0.619. The summed E-state index contributed by atoms with van der Waals surface area (Å²) >= 11 is 0. The SMILES string of the molecule is CCOC(=O)[C@H]1O[C@@]12c1cccc3cccc(c13)[C@]21O[C@H]1C(=O)OCC. The van der Waals surface area contributed by atoms with Gasteiger partial charge in [-0.2, -0.15) is 0 Å². The Balaban J connectivity index is 1.68. The van der Waals surface area contributed by atoms with Gasteiger partial charge < -0.3 is 18.9 Å². The predicted octanol–water partition coefficient (Wildman–Crippen LogP) is 2.17. The molecule has 4 atom stereocenters. The Hall–Kier alpha value is -2.44. The van der Waals surface area contributed by atoms with Crippen molar-refractivity contribution >= 4 is 22.7 Å². The number of carbonyl (C=O) groups excluding carboxylic acids is 2. The summed E-state index contributed by atoms with van der Waals surface area (Å²) in [5.74, 6) is -0.871. The lowest BCUT2D eigenvalue weighted by atomic mass is 9.83. The topological polar surface area (TPSA) is 77.7 Å². The largest absolute Gasteiger partial charge is 0.464 e. The number of fused-ring (bicyclic) bond motifs is 3. The Morgan fingerprint density at radius 1 is 0.885 bits per heavy atom. The maximum absolute atomic E-state index is 12.4. The number of carbonyl (C=O) groups is 2. The molecule has 2 heterocycles. The van der Waals surface area contributed by atoms with Crippen LogP contribution < -0.4 is 0 Å². The lowest BCUT2D eigenvalue weighted by Gasteiger charge is -2.15. The molecule has 2 aliphatic heterocycles. The van der Waals surface area contributed by atoms with Crippen LogP contribution in [0.2, 0.25) is 0 Å². The number of benzene rings is 2. The molecule has 0 saturated carbocycles. The number of ether oxygens (including phenoxy) is 4. The normalized spacial score (nSPS) is 32.8. The van der Waals surface area contributed by atoms with Crippen molar-refractivity contribution in [2.45, 2.75) is 37.3 Å². The van der Waals surface area contributed by atoms with E-state index in [1.165, 1.54) is 0 Å². The van der Waals surface area contributed by atoms with Gasteiger partial charge in [-0.1, -0.05) is 36.4 Å². The number of hydrogen-bond donors (Lipinski definition) is 0. The van der Waals surface area contributed by atoms with Gasteiger partial charge in [0, 0.05) is 0 Å². The predicted molar refractivity (Wildman–Crippen MR) is 90.3 cm³/mol. The number of esters is 2. The summed E-state index contributed by atoms with van der Waals surface area (Å²) in [6.45, 7) is 4.03. The molecule has 1 aliphatic carbocycles. The highest BCUT2D eigenvalue weighted by Crippen LogP contribution is 2.74. The van der Waals surface area contributed by atoms with Gasteiger partial charge in [0.05, 0.1) is 13.2 Å². The Labute approximate surface area is 150 Å². The summed E-state index contributed by atoms with van der Waals surface area (Å²) in [6.07, 6.45) is -1.58. The van der Waals surface area contributed by atoms with Gasteiger partial charge in [0.15, 0.2) is 23.4 Å². The van der Waals surface area contributed by atoms with E-state index in [1.807, 2.05) is 36.4 Å². The molecule has 2 fully saturated rings. The van der Waals surface area contributed by atoms with E-state index >= 15 is 0 Å². The Bertz CT molecular complexity index is 880. The molecule has 3 aliphatic rings. The third-order valence-electron chi connectivity index (χ3n) is 5.49. The van der Waals surface area contributed by atoms with Gasteiger partial charge in [-0.3, -0.25) is 0 Å². The van der Waals surface area contributed by atoms with Gasteiger partial charge in [-0.05, 0) is 35.7 Å². The first-order valence-electron chi connectivity index (χ1n) is 8.83. The average Bonchev–Trinajstić information content (AvgIpc) is 3.52. The number of rotatable bonds is 4. The molecule has 0 radical (unpaired) electrons. The van der Waals surface area contributed by atoms with E-state index in [4.69, 9.17) is 18.9 Å². The fourth-order valence-corrected chi connectivity index (χ4v) is 4.50. The summed E-state index contributed by atoms with van der Waals surface area (Å²) in [7, 11) is 0. The van der Waals surface area contributed by atoms with Crippen molar-refractivity contribution < 1.29 is 28.5 Å². The van der Waals surface area contributed by atoms with E-state index in [2.05, 4.69) is 0 Å². The highest BCUT2D eigenvalue weighted by atomic mass is 16.7. The third kappa shape index (κ3) is 1.64. The summed E-state index contributed by atoms with van der Waals surface area (Å²) in [5.41, 5.74) is -0.314. The standard InChI is InChI=1S/C20H18O6/c1-3-23-17(21)15-19(25-15)12-9-5-7-11-8-6-10-13(14(11)12)20(19)16(26-20)18(22)24-4-2/h5-10,15-16H,3-4H2,1-2H3/t15-,16+,19+,20-. The molecule has 5 rings (SSSR count). The van der Waals surface area contributed by atoms with Crippen LogP contribution >= 0.6 is 0 Å². The second kappa shape index (κ2) is 5.05. The average molecular weight is 354 g/mol. The molecule has 6 heteroatoms. The second-order valence-electron chi connectivity index (χ2n) is 6.68. The fraction of sp³-hybridized carbons (Fsp3) is 0.400. The van der Waals surface area contributed by atoms with Gasteiger partial charge in [0.25, 0.3) is 0 Å². The summed E-state index contributed by atoms with van der Waals surface area (Å²) in [4.78, 5) is 24.9.